The average molecular weight is 248 g/mol. The van der Waals surface area contributed by atoms with Gasteiger partial charge in [0.25, 0.3) is 0 Å². The van der Waals surface area contributed by atoms with Gasteiger partial charge in [-0.15, -0.1) is 0 Å². The van der Waals surface area contributed by atoms with E-state index in [1.54, 1.807) is 6.20 Å². The molecular weight excluding hydrogens is 234 g/mol. The third-order valence-electron chi connectivity index (χ3n) is 2.66. The van der Waals surface area contributed by atoms with E-state index >= 15 is 0 Å². The first-order valence-electron chi connectivity index (χ1n) is 5.71. The molecule has 0 spiro atoms. The molecule has 2 nitrogen and oxygen atoms in total. The molecule has 0 saturated heterocycles. The Balaban J connectivity index is 1.94. The molecule has 1 aromatic carbocycles. The standard InChI is InChI=1S/C14H14F2N2/c1-10-3-2-4-18-14(10)9-17-8-11-5-12(15)7-13(16)6-11/h2-7,17H,8-9H2,1H3. The predicted molar refractivity (Wildman–Crippen MR) is 65.9 cm³/mol. The highest BCUT2D eigenvalue weighted by atomic mass is 19.1. The van der Waals surface area contributed by atoms with Crippen LogP contribution in [0.4, 0.5) is 8.78 Å². The average Bonchev–Trinajstić information content (AvgIpc) is 2.30. The lowest BCUT2D eigenvalue weighted by Gasteiger charge is -2.07. The summed E-state index contributed by atoms with van der Waals surface area (Å²) in [6.07, 6.45) is 1.73. The first-order chi connectivity index (χ1) is 8.65. The van der Waals surface area contributed by atoms with E-state index in [-0.39, 0.29) is 0 Å². The quantitative estimate of drug-likeness (QED) is 0.899. The van der Waals surface area contributed by atoms with Crippen molar-refractivity contribution >= 4 is 0 Å². The second-order valence-electron chi connectivity index (χ2n) is 4.15. The second kappa shape index (κ2) is 5.69. The summed E-state index contributed by atoms with van der Waals surface area (Å²) in [6.45, 7) is 2.96. The zero-order valence-corrected chi connectivity index (χ0v) is 10.1. The van der Waals surface area contributed by atoms with Crippen LogP contribution in [0.1, 0.15) is 16.8 Å². The second-order valence-corrected chi connectivity index (χ2v) is 4.15. The summed E-state index contributed by atoms with van der Waals surface area (Å²) >= 11 is 0. The van der Waals surface area contributed by atoms with Gasteiger partial charge >= 0.3 is 0 Å². The van der Waals surface area contributed by atoms with Gasteiger partial charge in [-0.3, -0.25) is 4.98 Å². The summed E-state index contributed by atoms with van der Waals surface area (Å²) < 4.78 is 25.9. The zero-order chi connectivity index (χ0) is 13.0. The van der Waals surface area contributed by atoms with Gasteiger partial charge in [-0.25, -0.2) is 8.78 Å². The highest BCUT2D eigenvalue weighted by molar-refractivity contribution is 5.19. The predicted octanol–water partition coefficient (Wildman–Crippen LogP) is 2.96. The van der Waals surface area contributed by atoms with E-state index in [0.717, 1.165) is 17.3 Å². The molecule has 1 heterocycles. The number of nitrogens with zero attached hydrogens (tertiary/aromatic N) is 1. The lowest BCUT2D eigenvalue weighted by atomic mass is 10.2. The molecule has 18 heavy (non-hydrogen) atoms. The largest absolute Gasteiger partial charge is 0.307 e. The molecule has 0 bridgehead atoms. The molecule has 0 amide bonds. The Morgan fingerprint density at radius 1 is 1.11 bits per heavy atom. The first kappa shape index (κ1) is 12.6. The summed E-state index contributed by atoms with van der Waals surface area (Å²) in [5, 5.41) is 3.12. The van der Waals surface area contributed by atoms with Crippen molar-refractivity contribution in [1.82, 2.24) is 10.3 Å². The van der Waals surface area contributed by atoms with Gasteiger partial charge < -0.3 is 5.32 Å². The van der Waals surface area contributed by atoms with Crippen LogP contribution in [0.25, 0.3) is 0 Å². The van der Waals surface area contributed by atoms with Gasteiger partial charge in [-0.2, -0.15) is 0 Å². The van der Waals surface area contributed by atoms with Crippen molar-refractivity contribution in [3.63, 3.8) is 0 Å². The number of rotatable bonds is 4. The van der Waals surface area contributed by atoms with Crippen LogP contribution in [0.3, 0.4) is 0 Å². The van der Waals surface area contributed by atoms with Gasteiger partial charge in [-0.05, 0) is 36.2 Å². The maximum atomic E-state index is 13.0. The molecule has 0 aliphatic heterocycles. The van der Waals surface area contributed by atoms with E-state index in [0.29, 0.717) is 18.7 Å². The lowest BCUT2D eigenvalue weighted by molar-refractivity contribution is 0.574. The Morgan fingerprint density at radius 2 is 1.83 bits per heavy atom. The van der Waals surface area contributed by atoms with Gasteiger partial charge in [0.2, 0.25) is 0 Å². The molecule has 0 aliphatic rings. The van der Waals surface area contributed by atoms with Gasteiger partial charge in [0.15, 0.2) is 0 Å². The van der Waals surface area contributed by atoms with Crippen molar-refractivity contribution in [3.05, 3.63) is 65.0 Å². The third-order valence-corrected chi connectivity index (χ3v) is 2.66. The van der Waals surface area contributed by atoms with Crippen molar-refractivity contribution < 1.29 is 8.78 Å². The molecule has 0 radical (unpaired) electrons. The maximum absolute atomic E-state index is 13.0. The number of aryl methyl sites for hydroxylation is 1. The SMILES string of the molecule is Cc1cccnc1CNCc1cc(F)cc(F)c1. The Morgan fingerprint density at radius 3 is 2.50 bits per heavy atom. The van der Waals surface area contributed by atoms with Crippen LogP contribution in [0.5, 0.6) is 0 Å². The summed E-state index contributed by atoms with van der Waals surface area (Å²) in [5.74, 6) is -1.11. The monoisotopic (exact) mass is 248 g/mol. The van der Waals surface area contributed by atoms with E-state index in [1.165, 1.54) is 12.1 Å². The fourth-order valence-corrected chi connectivity index (χ4v) is 1.74. The normalized spacial score (nSPS) is 10.6. The molecule has 0 saturated carbocycles. The van der Waals surface area contributed by atoms with Gasteiger partial charge in [0, 0.05) is 25.4 Å². The van der Waals surface area contributed by atoms with Gasteiger partial charge in [0.05, 0.1) is 5.69 Å². The van der Waals surface area contributed by atoms with Crippen molar-refractivity contribution in [1.29, 1.82) is 0 Å². The molecule has 1 aromatic heterocycles. The topological polar surface area (TPSA) is 24.9 Å². The van der Waals surface area contributed by atoms with Crippen LogP contribution >= 0.6 is 0 Å². The number of aromatic nitrogens is 1. The minimum absolute atomic E-state index is 0.407. The van der Waals surface area contributed by atoms with E-state index in [4.69, 9.17) is 0 Å². The van der Waals surface area contributed by atoms with Crippen LogP contribution in [0.2, 0.25) is 0 Å². The highest BCUT2D eigenvalue weighted by Gasteiger charge is 2.02. The Hall–Kier alpha value is -1.81. The number of halogens is 2. The van der Waals surface area contributed by atoms with Crippen molar-refractivity contribution in [3.8, 4) is 0 Å². The van der Waals surface area contributed by atoms with Crippen LogP contribution in [-0.4, -0.2) is 4.98 Å². The molecular formula is C14H14F2N2. The summed E-state index contributed by atoms with van der Waals surface area (Å²) in [7, 11) is 0. The molecule has 0 aliphatic carbocycles. The Bertz CT molecular complexity index is 521. The van der Waals surface area contributed by atoms with Crippen molar-refractivity contribution in [2.75, 3.05) is 0 Å². The number of nitrogens with one attached hydrogen (secondary N) is 1. The third kappa shape index (κ3) is 3.34. The molecule has 94 valence electrons. The van der Waals surface area contributed by atoms with Crippen molar-refractivity contribution in [2.24, 2.45) is 0 Å². The fraction of sp³-hybridized carbons (Fsp3) is 0.214. The maximum Gasteiger partial charge on any atom is 0.126 e. The summed E-state index contributed by atoms with van der Waals surface area (Å²) in [5.41, 5.74) is 2.62. The van der Waals surface area contributed by atoms with Crippen LogP contribution in [-0.2, 0) is 13.1 Å². The van der Waals surface area contributed by atoms with E-state index < -0.39 is 11.6 Å². The minimum Gasteiger partial charge on any atom is -0.307 e. The molecule has 0 fully saturated rings. The Labute approximate surface area is 105 Å². The summed E-state index contributed by atoms with van der Waals surface area (Å²) in [6, 6.07) is 7.36. The number of hydrogen-bond acceptors (Lipinski definition) is 2. The van der Waals surface area contributed by atoms with Crippen LogP contribution in [0.15, 0.2) is 36.5 Å². The summed E-state index contributed by atoms with van der Waals surface area (Å²) in [4.78, 5) is 4.23. The highest BCUT2D eigenvalue weighted by Crippen LogP contribution is 2.08. The molecule has 0 atom stereocenters. The minimum atomic E-state index is -0.555. The van der Waals surface area contributed by atoms with Gasteiger partial charge in [0.1, 0.15) is 11.6 Å². The zero-order valence-electron chi connectivity index (χ0n) is 10.1. The van der Waals surface area contributed by atoms with E-state index in [9.17, 15) is 8.78 Å². The number of benzene rings is 1. The lowest BCUT2D eigenvalue weighted by Crippen LogP contribution is -2.14. The van der Waals surface area contributed by atoms with Crippen LogP contribution < -0.4 is 5.32 Å². The van der Waals surface area contributed by atoms with E-state index in [2.05, 4.69) is 10.3 Å². The molecule has 2 aromatic rings. The molecule has 4 heteroatoms. The number of pyridine rings is 1. The number of hydrogen-bond donors (Lipinski definition) is 1. The smallest absolute Gasteiger partial charge is 0.126 e. The van der Waals surface area contributed by atoms with Crippen LogP contribution in [0, 0.1) is 18.6 Å². The first-order valence-corrected chi connectivity index (χ1v) is 5.71. The van der Waals surface area contributed by atoms with Crippen molar-refractivity contribution in [2.45, 2.75) is 20.0 Å². The fourth-order valence-electron chi connectivity index (χ4n) is 1.74. The molecule has 0 unspecified atom stereocenters. The Kier molecular flexibility index (Phi) is 3.99. The molecule has 1 N–H and O–H groups in total. The van der Waals surface area contributed by atoms with Gasteiger partial charge in [-0.1, -0.05) is 6.07 Å². The molecule has 2 rings (SSSR count). The van der Waals surface area contributed by atoms with E-state index in [1.807, 2.05) is 19.1 Å².